The quantitative estimate of drug-likeness (QED) is 0.730. The number of sulfonamides is 1. The van der Waals surface area contributed by atoms with Gasteiger partial charge in [0.2, 0.25) is 10.0 Å². The van der Waals surface area contributed by atoms with Crippen molar-refractivity contribution in [2.24, 2.45) is 23.2 Å². The lowest BCUT2D eigenvalue weighted by Gasteiger charge is -2.59. The monoisotopic (exact) mass is 327 g/mol. The second kappa shape index (κ2) is 6.43. The van der Waals surface area contributed by atoms with E-state index in [0.29, 0.717) is 5.75 Å². The Morgan fingerprint density at radius 3 is 2.00 bits per heavy atom. The maximum atomic E-state index is 12.5. The molecular weight excluding hydrogens is 294 g/mol. The van der Waals surface area contributed by atoms with Crippen molar-refractivity contribution in [2.75, 3.05) is 5.75 Å². The van der Waals surface area contributed by atoms with E-state index >= 15 is 0 Å². The van der Waals surface area contributed by atoms with E-state index < -0.39 is 10.0 Å². The number of hydrogen-bond donors (Lipinski definition) is 1. The molecule has 4 bridgehead atoms. The molecule has 128 valence electrons. The Kier molecular flexibility index (Phi) is 4.90. The normalized spacial score (nSPS) is 38.4. The minimum atomic E-state index is -3.11. The molecule has 0 heterocycles. The van der Waals surface area contributed by atoms with Crippen LogP contribution in [0.3, 0.4) is 0 Å². The van der Waals surface area contributed by atoms with Crippen molar-refractivity contribution in [3.05, 3.63) is 0 Å². The molecule has 4 aliphatic carbocycles. The van der Waals surface area contributed by atoms with Crippen LogP contribution >= 0.6 is 0 Å². The fraction of sp³-hybridized carbons (Fsp3) is 1.00. The Balaban J connectivity index is 1.76. The van der Waals surface area contributed by atoms with Gasteiger partial charge in [0.05, 0.1) is 5.75 Å². The summed E-state index contributed by atoms with van der Waals surface area (Å²) in [5.41, 5.74) is 0.282. The largest absolute Gasteiger partial charge is 0.212 e. The Morgan fingerprint density at radius 1 is 1.00 bits per heavy atom. The van der Waals surface area contributed by atoms with Crippen molar-refractivity contribution >= 4 is 10.0 Å². The summed E-state index contributed by atoms with van der Waals surface area (Å²) in [5, 5.41) is 0. The predicted molar refractivity (Wildman–Crippen MR) is 91.1 cm³/mol. The van der Waals surface area contributed by atoms with Crippen molar-refractivity contribution < 1.29 is 8.42 Å². The van der Waals surface area contributed by atoms with Gasteiger partial charge in [-0.1, -0.05) is 26.7 Å². The molecule has 3 nitrogen and oxygen atoms in total. The second-order valence-corrected chi connectivity index (χ2v) is 10.3. The first-order valence-electron chi connectivity index (χ1n) is 9.46. The fourth-order valence-corrected chi connectivity index (χ4v) is 7.58. The van der Waals surface area contributed by atoms with Crippen LogP contribution in [0.1, 0.15) is 78.1 Å². The highest BCUT2D eigenvalue weighted by molar-refractivity contribution is 7.89. The summed E-state index contributed by atoms with van der Waals surface area (Å²) in [4.78, 5) is 0. The molecule has 4 rings (SSSR count). The van der Waals surface area contributed by atoms with Crippen LogP contribution in [0, 0.1) is 23.2 Å². The van der Waals surface area contributed by atoms with Crippen molar-refractivity contribution in [1.82, 2.24) is 4.72 Å². The Hall–Kier alpha value is -0.0900. The molecule has 0 radical (unpaired) electrons. The lowest BCUT2D eigenvalue weighted by Crippen LogP contribution is -2.57. The smallest absolute Gasteiger partial charge is 0.211 e. The van der Waals surface area contributed by atoms with Gasteiger partial charge in [0, 0.05) is 6.04 Å². The molecule has 1 atom stereocenters. The first kappa shape index (κ1) is 16.8. The number of unbranched alkanes of at least 4 members (excludes halogenated alkanes) is 1. The standard InChI is InChI=1S/C18H33NO2S/c1-3-5-7-22(20,21)19-17(6-4-2)18-11-14-8-15(12-18)10-16(9-14)13-18/h14-17,19H,3-13H2,1-2H3. The third-order valence-electron chi connectivity index (χ3n) is 6.49. The number of nitrogens with one attached hydrogen (secondary N) is 1. The maximum absolute atomic E-state index is 12.5. The lowest BCUT2D eigenvalue weighted by molar-refractivity contribution is -0.0712. The van der Waals surface area contributed by atoms with Crippen molar-refractivity contribution in [2.45, 2.75) is 84.1 Å². The highest BCUT2D eigenvalue weighted by Crippen LogP contribution is 2.61. The van der Waals surface area contributed by atoms with Crippen molar-refractivity contribution in [3.63, 3.8) is 0 Å². The zero-order valence-corrected chi connectivity index (χ0v) is 15.1. The van der Waals surface area contributed by atoms with Gasteiger partial charge in [0.25, 0.3) is 0 Å². The van der Waals surface area contributed by atoms with Gasteiger partial charge in [-0.15, -0.1) is 0 Å². The van der Waals surface area contributed by atoms with Crippen LogP contribution in [0.5, 0.6) is 0 Å². The first-order chi connectivity index (χ1) is 10.5. The molecule has 4 heteroatoms. The zero-order chi connectivity index (χ0) is 15.8. The predicted octanol–water partition coefficient (Wildman–Crippen LogP) is 4.09. The Labute approximate surface area is 136 Å². The Morgan fingerprint density at radius 2 is 1.55 bits per heavy atom. The van der Waals surface area contributed by atoms with E-state index in [4.69, 9.17) is 0 Å². The van der Waals surface area contributed by atoms with Crippen LogP contribution in [0.15, 0.2) is 0 Å². The molecule has 0 spiro atoms. The molecule has 0 aromatic rings. The van der Waals surface area contributed by atoms with E-state index in [2.05, 4.69) is 18.6 Å². The maximum Gasteiger partial charge on any atom is 0.211 e. The molecule has 0 aliphatic heterocycles. The van der Waals surface area contributed by atoms with Gasteiger partial charge in [0.15, 0.2) is 0 Å². The molecule has 0 aromatic carbocycles. The highest BCUT2D eigenvalue weighted by Gasteiger charge is 2.54. The molecular formula is C18H33NO2S. The molecule has 1 unspecified atom stereocenters. The summed E-state index contributed by atoms with van der Waals surface area (Å²) in [6, 6.07) is 0.188. The van der Waals surface area contributed by atoms with Crippen molar-refractivity contribution in [3.8, 4) is 0 Å². The highest BCUT2D eigenvalue weighted by atomic mass is 32.2. The average molecular weight is 328 g/mol. The van der Waals surface area contributed by atoms with Gasteiger partial charge in [0.1, 0.15) is 0 Å². The van der Waals surface area contributed by atoms with Gasteiger partial charge in [-0.2, -0.15) is 0 Å². The topological polar surface area (TPSA) is 46.2 Å². The van der Waals surface area contributed by atoms with Gasteiger partial charge < -0.3 is 0 Å². The van der Waals surface area contributed by atoms with Crippen LogP contribution in [-0.4, -0.2) is 20.2 Å². The van der Waals surface area contributed by atoms with Gasteiger partial charge in [-0.05, 0) is 74.5 Å². The first-order valence-corrected chi connectivity index (χ1v) is 11.1. The SMILES string of the molecule is CCCCS(=O)(=O)NC(CCC)C12CC3CC(CC(C3)C1)C2. The summed E-state index contributed by atoms with van der Waals surface area (Å²) in [6.45, 7) is 4.24. The number of rotatable bonds is 8. The summed E-state index contributed by atoms with van der Waals surface area (Å²) < 4.78 is 28.1. The van der Waals surface area contributed by atoms with E-state index in [1.165, 1.54) is 38.5 Å². The van der Waals surface area contributed by atoms with E-state index in [0.717, 1.165) is 43.4 Å². The van der Waals surface area contributed by atoms with Gasteiger partial charge in [-0.3, -0.25) is 0 Å². The van der Waals surface area contributed by atoms with E-state index in [1.54, 1.807) is 0 Å². The molecule has 0 saturated heterocycles. The summed E-state index contributed by atoms with van der Waals surface area (Å²) >= 11 is 0. The van der Waals surface area contributed by atoms with Crippen LogP contribution in [0.25, 0.3) is 0 Å². The summed E-state index contributed by atoms with van der Waals surface area (Å²) in [6.07, 6.45) is 11.9. The molecule has 1 N–H and O–H groups in total. The van der Waals surface area contributed by atoms with Gasteiger partial charge >= 0.3 is 0 Å². The third kappa shape index (κ3) is 3.38. The Bertz CT molecular complexity index is 450. The summed E-state index contributed by atoms with van der Waals surface area (Å²) in [5.74, 6) is 2.94. The zero-order valence-electron chi connectivity index (χ0n) is 14.3. The molecule has 0 amide bonds. The summed E-state index contributed by atoms with van der Waals surface area (Å²) in [7, 11) is -3.11. The molecule has 22 heavy (non-hydrogen) atoms. The molecule has 4 fully saturated rings. The van der Waals surface area contributed by atoms with Crippen molar-refractivity contribution in [1.29, 1.82) is 0 Å². The minimum absolute atomic E-state index is 0.188. The second-order valence-electron chi connectivity index (χ2n) is 8.41. The van der Waals surface area contributed by atoms with E-state index in [9.17, 15) is 8.42 Å². The lowest BCUT2D eigenvalue weighted by atomic mass is 9.47. The third-order valence-corrected chi connectivity index (χ3v) is 7.96. The van der Waals surface area contributed by atoms with Gasteiger partial charge in [-0.25, -0.2) is 13.1 Å². The van der Waals surface area contributed by atoms with Crippen LogP contribution < -0.4 is 4.72 Å². The fourth-order valence-electron chi connectivity index (χ4n) is 5.99. The molecule has 0 aromatic heterocycles. The molecule has 4 saturated carbocycles. The van der Waals surface area contributed by atoms with E-state index in [-0.39, 0.29) is 11.5 Å². The minimum Gasteiger partial charge on any atom is -0.212 e. The number of hydrogen-bond acceptors (Lipinski definition) is 2. The van der Waals surface area contributed by atoms with Crippen LogP contribution in [-0.2, 0) is 10.0 Å². The van der Waals surface area contributed by atoms with E-state index in [1.807, 2.05) is 0 Å². The van der Waals surface area contributed by atoms with Crippen LogP contribution in [0.2, 0.25) is 0 Å². The molecule has 4 aliphatic rings. The average Bonchev–Trinajstić information content (AvgIpc) is 2.43. The van der Waals surface area contributed by atoms with Crippen LogP contribution in [0.4, 0.5) is 0 Å².